The van der Waals surface area contributed by atoms with E-state index >= 15 is 0 Å². The molecule has 0 heterocycles. The molecule has 1 unspecified atom stereocenters. The first-order valence-corrected chi connectivity index (χ1v) is 6.88. The molecule has 1 atom stereocenters. The first-order chi connectivity index (χ1) is 9.67. The number of guanidine groups is 1. The van der Waals surface area contributed by atoms with E-state index in [9.17, 15) is 0 Å². The Morgan fingerprint density at radius 2 is 2.15 bits per heavy atom. The van der Waals surface area contributed by atoms with Crippen LogP contribution < -0.4 is 5.73 Å². The van der Waals surface area contributed by atoms with Gasteiger partial charge < -0.3 is 5.73 Å². The molecule has 0 radical (unpaired) electrons. The van der Waals surface area contributed by atoms with Crippen LogP contribution in [0.2, 0.25) is 0 Å². The zero-order valence-electron chi connectivity index (χ0n) is 12.0. The summed E-state index contributed by atoms with van der Waals surface area (Å²) in [6, 6.07) is 6.26. The number of hydrogen-bond acceptors (Lipinski definition) is 1. The molecule has 2 N–H and O–H groups in total. The molecule has 0 saturated heterocycles. The van der Waals surface area contributed by atoms with Crippen molar-refractivity contribution in [2.75, 3.05) is 0 Å². The summed E-state index contributed by atoms with van der Waals surface area (Å²) in [6.45, 7) is 7.53. The van der Waals surface area contributed by atoms with Crippen molar-refractivity contribution in [3.63, 3.8) is 0 Å². The summed E-state index contributed by atoms with van der Waals surface area (Å²) in [6.07, 6.45) is 6.23. The summed E-state index contributed by atoms with van der Waals surface area (Å²) in [7, 11) is 0. The lowest BCUT2D eigenvalue weighted by Gasteiger charge is -2.08. The lowest BCUT2D eigenvalue weighted by atomic mass is 9.98. The minimum atomic E-state index is 0.151. The van der Waals surface area contributed by atoms with E-state index in [1.807, 2.05) is 13.0 Å². The van der Waals surface area contributed by atoms with Crippen molar-refractivity contribution in [2.24, 2.45) is 20.7 Å². The molecule has 1 aliphatic carbocycles. The minimum Gasteiger partial charge on any atom is -0.368 e. The highest BCUT2D eigenvalue weighted by Gasteiger charge is 2.15. The Bertz CT molecular complexity index is 596. The standard InChI is InChI=1S/C16H20N4/c1-4-11-6-7-12-10-13(8-9-14(11)12)19-15(5-2)20-16(17)18-3/h6-11H,3-5H2,1-2H3,(H2,17,19,20). The van der Waals surface area contributed by atoms with Gasteiger partial charge in [0.15, 0.2) is 0 Å². The Morgan fingerprint density at radius 1 is 1.35 bits per heavy atom. The molecule has 2 rings (SSSR count). The largest absolute Gasteiger partial charge is 0.368 e. The van der Waals surface area contributed by atoms with Crippen molar-refractivity contribution >= 4 is 30.3 Å². The maximum Gasteiger partial charge on any atom is 0.221 e. The topological polar surface area (TPSA) is 63.1 Å². The fourth-order valence-electron chi connectivity index (χ4n) is 2.29. The summed E-state index contributed by atoms with van der Waals surface area (Å²) in [5.41, 5.74) is 9.07. The van der Waals surface area contributed by atoms with Gasteiger partial charge in [0, 0.05) is 12.3 Å². The highest BCUT2D eigenvalue weighted by Crippen LogP contribution is 2.34. The number of rotatable bonds is 3. The molecular weight excluding hydrogens is 248 g/mol. The minimum absolute atomic E-state index is 0.151. The van der Waals surface area contributed by atoms with Gasteiger partial charge in [-0.3, -0.25) is 0 Å². The summed E-state index contributed by atoms with van der Waals surface area (Å²) >= 11 is 0. The summed E-state index contributed by atoms with van der Waals surface area (Å²) in [4.78, 5) is 12.2. The Morgan fingerprint density at radius 3 is 2.80 bits per heavy atom. The van der Waals surface area contributed by atoms with Crippen LogP contribution in [0.5, 0.6) is 0 Å². The van der Waals surface area contributed by atoms with E-state index in [-0.39, 0.29) is 5.96 Å². The number of nitrogens with two attached hydrogens (primary N) is 1. The van der Waals surface area contributed by atoms with Crippen molar-refractivity contribution in [1.82, 2.24) is 0 Å². The molecule has 0 bridgehead atoms. The van der Waals surface area contributed by atoms with Crippen LogP contribution in [0.25, 0.3) is 6.08 Å². The van der Waals surface area contributed by atoms with Gasteiger partial charge in [0.1, 0.15) is 5.84 Å². The Labute approximate surface area is 119 Å². The zero-order valence-corrected chi connectivity index (χ0v) is 12.0. The maximum atomic E-state index is 5.56. The molecule has 1 aliphatic rings. The maximum absolute atomic E-state index is 5.56. The van der Waals surface area contributed by atoms with Crippen molar-refractivity contribution in [2.45, 2.75) is 32.6 Å². The molecule has 0 spiro atoms. The molecule has 0 aromatic heterocycles. The summed E-state index contributed by atoms with van der Waals surface area (Å²) in [5, 5.41) is 0. The van der Waals surface area contributed by atoms with E-state index < -0.39 is 0 Å². The molecule has 20 heavy (non-hydrogen) atoms. The number of nitrogens with zero attached hydrogens (tertiary/aromatic N) is 3. The summed E-state index contributed by atoms with van der Waals surface area (Å²) < 4.78 is 0. The van der Waals surface area contributed by atoms with Crippen LogP contribution in [-0.4, -0.2) is 18.5 Å². The third kappa shape index (κ3) is 3.02. The third-order valence-corrected chi connectivity index (χ3v) is 3.40. The number of allylic oxidation sites excluding steroid dienone is 1. The first-order valence-electron chi connectivity index (χ1n) is 6.88. The normalized spacial score (nSPS) is 18.2. The second kappa shape index (κ2) is 6.28. The molecule has 4 heteroatoms. The number of benzene rings is 1. The zero-order chi connectivity index (χ0) is 14.5. The first kappa shape index (κ1) is 14.2. The number of fused-ring (bicyclic) bond motifs is 1. The van der Waals surface area contributed by atoms with Crippen LogP contribution in [0.4, 0.5) is 5.69 Å². The molecule has 0 aliphatic heterocycles. The van der Waals surface area contributed by atoms with Gasteiger partial charge in [0.2, 0.25) is 5.96 Å². The van der Waals surface area contributed by atoms with Gasteiger partial charge >= 0.3 is 0 Å². The average molecular weight is 268 g/mol. The molecule has 1 aromatic carbocycles. The van der Waals surface area contributed by atoms with E-state index in [0.29, 0.717) is 18.2 Å². The van der Waals surface area contributed by atoms with E-state index in [1.54, 1.807) is 0 Å². The van der Waals surface area contributed by atoms with Crippen molar-refractivity contribution in [3.8, 4) is 0 Å². The Balaban J connectivity index is 2.31. The SMILES string of the molecule is C=NC(N)=NC(CC)=Nc1ccc2c(c1)C=CC2CC. The smallest absolute Gasteiger partial charge is 0.221 e. The highest BCUT2D eigenvalue weighted by molar-refractivity contribution is 5.97. The van der Waals surface area contributed by atoms with Crippen LogP contribution >= 0.6 is 0 Å². The molecular formula is C16H20N4. The van der Waals surface area contributed by atoms with Gasteiger partial charge in [0.05, 0.1) is 5.69 Å². The second-order valence-corrected chi connectivity index (χ2v) is 4.70. The van der Waals surface area contributed by atoms with Crippen molar-refractivity contribution < 1.29 is 0 Å². The lowest BCUT2D eigenvalue weighted by molar-refractivity contribution is 0.818. The Hall–Kier alpha value is -2.23. The quantitative estimate of drug-likeness (QED) is 0.660. The summed E-state index contributed by atoms with van der Waals surface area (Å²) in [5.74, 6) is 1.34. The second-order valence-electron chi connectivity index (χ2n) is 4.70. The van der Waals surface area contributed by atoms with Gasteiger partial charge in [-0.05, 0) is 36.4 Å². The lowest BCUT2D eigenvalue weighted by Crippen LogP contribution is -2.10. The highest BCUT2D eigenvalue weighted by atomic mass is 15.1. The van der Waals surface area contributed by atoms with Gasteiger partial charge in [-0.2, -0.15) is 4.99 Å². The van der Waals surface area contributed by atoms with Gasteiger partial charge in [-0.25, -0.2) is 9.98 Å². The van der Waals surface area contributed by atoms with Gasteiger partial charge in [0.25, 0.3) is 0 Å². The van der Waals surface area contributed by atoms with Crippen LogP contribution in [0.1, 0.15) is 43.7 Å². The number of hydrogen-bond donors (Lipinski definition) is 1. The van der Waals surface area contributed by atoms with Crippen LogP contribution in [0.15, 0.2) is 39.3 Å². The molecule has 4 nitrogen and oxygen atoms in total. The van der Waals surface area contributed by atoms with Crippen molar-refractivity contribution in [1.29, 1.82) is 0 Å². The van der Waals surface area contributed by atoms with Gasteiger partial charge in [-0.1, -0.05) is 32.1 Å². The van der Waals surface area contributed by atoms with Crippen molar-refractivity contribution in [3.05, 3.63) is 35.4 Å². The molecule has 0 fully saturated rings. The molecule has 1 aromatic rings. The number of aliphatic imine (C=N–C) groups is 3. The average Bonchev–Trinajstić information content (AvgIpc) is 2.88. The fourth-order valence-corrected chi connectivity index (χ4v) is 2.29. The van der Waals surface area contributed by atoms with Gasteiger partial charge in [-0.15, -0.1) is 0 Å². The molecule has 104 valence electrons. The van der Waals surface area contributed by atoms with E-state index in [4.69, 9.17) is 5.73 Å². The van der Waals surface area contributed by atoms with E-state index in [1.165, 1.54) is 11.1 Å². The third-order valence-electron chi connectivity index (χ3n) is 3.40. The van der Waals surface area contributed by atoms with E-state index in [0.717, 1.165) is 12.1 Å². The van der Waals surface area contributed by atoms with Crippen LogP contribution in [0, 0.1) is 0 Å². The van der Waals surface area contributed by atoms with Crippen LogP contribution in [0.3, 0.4) is 0 Å². The van der Waals surface area contributed by atoms with Crippen LogP contribution in [-0.2, 0) is 0 Å². The Kier molecular flexibility index (Phi) is 4.45. The fraction of sp³-hybridized carbons (Fsp3) is 0.312. The van der Waals surface area contributed by atoms with E-state index in [2.05, 4.69) is 52.9 Å². The monoisotopic (exact) mass is 268 g/mol. The predicted molar refractivity (Wildman–Crippen MR) is 87.1 cm³/mol. The predicted octanol–water partition coefficient (Wildman–Crippen LogP) is 3.66. The number of amidine groups is 1. The molecule has 0 amide bonds. The molecule has 0 saturated carbocycles.